The minimum atomic E-state index is -4.16. The maximum Gasteiger partial charge on any atom is 0.389 e. The van der Waals surface area contributed by atoms with Gasteiger partial charge in [-0.3, -0.25) is 0 Å². The predicted octanol–water partition coefficient (Wildman–Crippen LogP) is 2.63. The summed E-state index contributed by atoms with van der Waals surface area (Å²) in [6.07, 6.45) is -5.24. The maximum absolute atomic E-state index is 12.0. The number of aryl methyl sites for hydroxylation is 2. The molecule has 0 amide bonds. The molecule has 0 saturated heterocycles. The van der Waals surface area contributed by atoms with Gasteiger partial charge in [0.1, 0.15) is 11.6 Å². The Hall–Kier alpha value is -1.33. The Labute approximate surface area is 92.1 Å². The van der Waals surface area contributed by atoms with E-state index < -0.39 is 12.6 Å². The van der Waals surface area contributed by atoms with Crippen molar-refractivity contribution in [3.05, 3.63) is 17.1 Å². The number of aromatic nitrogens is 2. The number of halogens is 3. The molecule has 6 heteroatoms. The first kappa shape index (κ1) is 12.7. The molecule has 0 atom stereocenters. The molecule has 0 spiro atoms. The zero-order valence-corrected chi connectivity index (χ0v) is 9.44. The van der Waals surface area contributed by atoms with Crippen LogP contribution in [0.1, 0.15) is 23.5 Å². The van der Waals surface area contributed by atoms with E-state index in [1.807, 2.05) is 6.92 Å². The highest BCUT2D eigenvalue weighted by molar-refractivity contribution is 5.44. The third kappa shape index (κ3) is 3.36. The van der Waals surface area contributed by atoms with Gasteiger partial charge in [-0.1, -0.05) is 0 Å². The smallest absolute Gasteiger partial charge is 0.373 e. The monoisotopic (exact) mass is 233 g/mol. The molecular weight excluding hydrogens is 219 g/mol. The van der Waals surface area contributed by atoms with Gasteiger partial charge in [-0.2, -0.15) is 13.2 Å². The molecule has 16 heavy (non-hydrogen) atoms. The van der Waals surface area contributed by atoms with Gasteiger partial charge in [0.05, 0.1) is 6.42 Å². The lowest BCUT2D eigenvalue weighted by Gasteiger charge is -2.10. The minimum absolute atomic E-state index is 0.181. The van der Waals surface area contributed by atoms with Crippen molar-refractivity contribution in [3.63, 3.8) is 0 Å². The van der Waals surface area contributed by atoms with Crippen LogP contribution in [0.5, 0.6) is 0 Å². The third-order valence-corrected chi connectivity index (χ3v) is 2.30. The molecule has 1 heterocycles. The fraction of sp³-hybridized carbons (Fsp3) is 0.600. The van der Waals surface area contributed by atoms with Crippen molar-refractivity contribution in [2.75, 3.05) is 12.4 Å². The molecule has 1 N–H and O–H groups in total. The molecule has 0 aliphatic rings. The van der Waals surface area contributed by atoms with Crippen LogP contribution >= 0.6 is 0 Å². The molecule has 0 radical (unpaired) electrons. The molecule has 1 aromatic rings. The zero-order valence-electron chi connectivity index (χ0n) is 9.44. The molecule has 0 aliphatic carbocycles. The highest BCUT2D eigenvalue weighted by Crippen LogP contribution is 2.22. The van der Waals surface area contributed by atoms with Crippen molar-refractivity contribution in [1.29, 1.82) is 0 Å². The molecule has 0 saturated carbocycles. The second-order valence-electron chi connectivity index (χ2n) is 3.56. The first-order valence-electron chi connectivity index (χ1n) is 4.92. The number of hydrogen-bond donors (Lipinski definition) is 1. The average Bonchev–Trinajstić information content (AvgIpc) is 2.18. The number of nitrogens with zero attached hydrogens (tertiary/aromatic N) is 2. The number of rotatable bonds is 3. The normalized spacial score (nSPS) is 11.6. The van der Waals surface area contributed by atoms with E-state index in [-0.39, 0.29) is 12.2 Å². The van der Waals surface area contributed by atoms with Gasteiger partial charge in [0, 0.05) is 24.7 Å². The molecule has 3 nitrogen and oxygen atoms in total. The second-order valence-corrected chi connectivity index (χ2v) is 3.56. The summed E-state index contributed by atoms with van der Waals surface area (Å²) in [6, 6.07) is 0. The van der Waals surface area contributed by atoms with Gasteiger partial charge in [-0.25, -0.2) is 9.97 Å². The summed E-state index contributed by atoms with van der Waals surface area (Å²) < 4.78 is 36.1. The average molecular weight is 233 g/mol. The molecule has 1 rings (SSSR count). The lowest BCUT2D eigenvalue weighted by molar-refractivity contribution is -0.134. The fourth-order valence-electron chi connectivity index (χ4n) is 1.30. The number of anilines is 1. The van der Waals surface area contributed by atoms with Gasteiger partial charge in [0.25, 0.3) is 0 Å². The van der Waals surface area contributed by atoms with E-state index in [1.54, 1.807) is 14.0 Å². The largest absolute Gasteiger partial charge is 0.389 e. The van der Waals surface area contributed by atoms with Crippen LogP contribution in [-0.2, 0) is 6.42 Å². The number of alkyl halides is 3. The number of hydrogen-bond acceptors (Lipinski definition) is 3. The summed E-state index contributed by atoms with van der Waals surface area (Å²) in [5, 5.41) is 2.84. The molecule has 0 unspecified atom stereocenters. The Bertz CT molecular complexity index is 374. The standard InChI is InChI=1S/C10H14F3N3/c1-6-7(2)15-8(16-9(6)14-3)4-5-10(11,12)13/h4-5H2,1-3H3,(H,14,15,16). The molecule has 0 bridgehead atoms. The van der Waals surface area contributed by atoms with Crippen molar-refractivity contribution in [1.82, 2.24) is 9.97 Å². The Morgan fingerprint density at radius 1 is 1.19 bits per heavy atom. The van der Waals surface area contributed by atoms with Crippen LogP contribution in [0.25, 0.3) is 0 Å². The van der Waals surface area contributed by atoms with E-state index in [0.29, 0.717) is 11.5 Å². The SMILES string of the molecule is CNc1nc(CCC(F)(F)F)nc(C)c1C. The Morgan fingerprint density at radius 2 is 1.81 bits per heavy atom. The van der Waals surface area contributed by atoms with Crippen molar-refractivity contribution in [3.8, 4) is 0 Å². The maximum atomic E-state index is 12.0. The van der Waals surface area contributed by atoms with Crippen molar-refractivity contribution in [2.45, 2.75) is 32.9 Å². The summed E-state index contributed by atoms with van der Waals surface area (Å²) in [5.41, 5.74) is 1.56. The van der Waals surface area contributed by atoms with Crippen LogP contribution in [0.4, 0.5) is 19.0 Å². The predicted molar refractivity (Wildman–Crippen MR) is 55.4 cm³/mol. The van der Waals surface area contributed by atoms with Crippen molar-refractivity contribution < 1.29 is 13.2 Å². The van der Waals surface area contributed by atoms with E-state index in [0.717, 1.165) is 5.56 Å². The molecule has 0 aromatic carbocycles. The fourth-order valence-corrected chi connectivity index (χ4v) is 1.30. The van der Waals surface area contributed by atoms with Gasteiger partial charge in [0.15, 0.2) is 0 Å². The van der Waals surface area contributed by atoms with Gasteiger partial charge < -0.3 is 5.32 Å². The molecular formula is C10H14F3N3. The lowest BCUT2D eigenvalue weighted by atomic mass is 10.2. The lowest BCUT2D eigenvalue weighted by Crippen LogP contribution is -2.12. The topological polar surface area (TPSA) is 37.8 Å². The second kappa shape index (κ2) is 4.67. The molecule has 90 valence electrons. The van der Waals surface area contributed by atoms with E-state index >= 15 is 0 Å². The van der Waals surface area contributed by atoms with Crippen LogP contribution in [0.15, 0.2) is 0 Å². The van der Waals surface area contributed by atoms with E-state index in [4.69, 9.17) is 0 Å². The molecule has 0 fully saturated rings. The van der Waals surface area contributed by atoms with E-state index in [2.05, 4.69) is 15.3 Å². The van der Waals surface area contributed by atoms with Gasteiger partial charge in [0.2, 0.25) is 0 Å². The minimum Gasteiger partial charge on any atom is -0.373 e. The summed E-state index contributed by atoms with van der Waals surface area (Å²) in [7, 11) is 1.68. The van der Waals surface area contributed by atoms with Crippen LogP contribution in [0.2, 0.25) is 0 Å². The first-order valence-corrected chi connectivity index (χ1v) is 4.92. The zero-order chi connectivity index (χ0) is 12.3. The summed E-state index contributed by atoms with van der Waals surface area (Å²) in [4.78, 5) is 8.07. The summed E-state index contributed by atoms with van der Waals surface area (Å²) >= 11 is 0. The summed E-state index contributed by atoms with van der Waals surface area (Å²) in [5.74, 6) is 0.814. The Kier molecular flexibility index (Phi) is 3.72. The van der Waals surface area contributed by atoms with Crippen LogP contribution in [0, 0.1) is 13.8 Å². The van der Waals surface area contributed by atoms with Gasteiger partial charge in [-0.15, -0.1) is 0 Å². The molecule has 1 aromatic heterocycles. The van der Waals surface area contributed by atoms with Crippen molar-refractivity contribution >= 4 is 5.82 Å². The van der Waals surface area contributed by atoms with Crippen LogP contribution < -0.4 is 5.32 Å². The molecule has 0 aliphatic heterocycles. The highest BCUT2D eigenvalue weighted by atomic mass is 19.4. The van der Waals surface area contributed by atoms with Crippen molar-refractivity contribution in [2.24, 2.45) is 0 Å². The van der Waals surface area contributed by atoms with Crippen LogP contribution in [-0.4, -0.2) is 23.2 Å². The van der Waals surface area contributed by atoms with E-state index in [9.17, 15) is 13.2 Å². The Balaban J connectivity index is 2.86. The van der Waals surface area contributed by atoms with E-state index in [1.165, 1.54) is 0 Å². The van der Waals surface area contributed by atoms with Gasteiger partial charge in [-0.05, 0) is 13.8 Å². The quantitative estimate of drug-likeness (QED) is 0.872. The van der Waals surface area contributed by atoms with Crippen LogP contribution in [0.3, 0.4) is 0 Å². The number of nitrogens with one attached hydrogen (secondary N) is 1. The first-order chi connectivity index (χ1) is 7.33. The third-order valence-electron chi connectivity index (χ3n) is 2.30. The van der Waals surface area contributed by atoms with Gasteiger partial charge >= 0.3 is 6.18 Å². The summed E-state index contributed by atoms with van der Waals surface area (Å²) in [6.45, 7) is 3.59. The highest BCUT2D eigenvalue weighted by Gasteiger charge is 2.27. The Morgan fingerprint density at radius 3 is 2.31 bits per heavy atom.